The average Bonchev–Trinajstić information content (AvgIpc) is 2.74. The first kappa shape index (κ1) is 14.5. The van der Waals surface area contributed by atoms with Crippen molar-refractivity contribution in [2.45, 2.75) is 11.4 Å². The number of aryl methyl sites for hydroxylation is 1. The zero-order chi connectivity index (χ0) is 14.9. The van der Waals surface area contributed by atoms with Gasteiger partial charge in [0.15, 0.2) is 0 Å². The van der Waals surface area contributed by atoms with E-state index in [1.807, 2.05) is 0 Å². The molecule has 0 fully saturated rings. The average molecular weight is 298 g/mol. The molecular formula is C12H15FN4O2S. The van der Waals surface area contributed by atoms with E-state index in [4.69, 9.17) is 5.73 Å². The molecule has 0 aliphatic rings. The second kappa shape index (κ2) is 5.22. The number of nitrogens with two attached hydrogens (primary N) is 1. The summed E-state index contributed by atoms with van der Waals surface area (Å²) in [5.41, 5.74) is 6.17. The van der Waals surface area contributed by atoms with E-state index in [-0.39, 0.29) is 12.2 Å². The highest BCUT2D eigenvalue weighted by Gasteiger charge is 2.27. The van der Waals surface area contributed by atoms with E-state index in [0.717, 1.165) is 10.4 Å². The fourth-order valence-electron chi connectivity index (χ4n) is 1.85. The fourth-order valence-corrected chi connectivity index (χ4v) is 3.16. The Labute approximate surface area is 116 Å². The van der Waals surface area contributed by atoms with Crippen LogP contribution in [0.1, 0.15) is 5.56 Å². The van der Waals surface area contributed by atoms with Crippen LogP contribution in [0.15, 0.2) is 35.5 Å². The smallest absolute Gasteiger partial charge is 0.248 e. The predicted octanol–water partition coefficient (Wildman–Crippen LogP) is 0.962. The summed E-state index contributed by atoms with van der Waals surface area (Å²) in [6.45, 7) is 0.0872. The molecule has 20 heavy (non-hydrogen) atoms. The predicted molar refractivity (Wildman–Crippen MR) is 72.7 cm³/mol. The SMILES string of the molecule is CN(Cc1cnn(C)c1)S(=O)(=O)c1c(N)cccc1F. The second-order valence-electron chi connectivity index (χ2n) is 4.44. The first-order valence-electron chi connectivity index (χ1n) is 5.80. The summed E-state index contributed by atoms with van der Waals surface area (Å²) in [6, 6.07) is 3.79. The Kier molecular flexibility index (Phi) is 3.78. The van der Waals surface area contributed by atoms with E-state index in [0.29, 0.717) is 5.56 Å². The van der Waals surface area contributed by atoms with Gasteiger partial charge in [-0.25, -0.2) is 12.8 Å². The summed E-state index contributed by atoms with van der Waals surface area (Å²) in [6.07, 6.45) is 3.24. The Morgan fingerprint density at radius 2 is 2.15 bits per heavy atom. The fraction of sp³-hybridized carbons (Fsp3) is 0.250. The lowest BCUT2D eigenvalue weighted by Gasteiger charge is -2.18. The second-order valence-corrected chi connectivity index (χ2v) is 6.42. The van der Waals surface area contributed by atoms with Gasteiger partial charge in [-0.05, 0) is 12.1 Å². The van der Waals surface area contributed by atoms with Crippen LogP contribution in [0.5, 0.6) is 0 Å². The molecule has 2 N–H and O–H groups in total. The molecule has 0 atom stereocenters. The van der Waals surface area contributed by atoms with Crippen LogP contribution in [0.3, 0.4) is 0 Å². The third kappa shape index (κ3) is 2.66. The van der Waals surface area contributed by atoms with Gasteiger partial charge in [-0.3, -0.25) is 4.68 Å². The lowest BCUT2D eigenvalue weighted by molar-refractivity contribution is 0.460. The Morgan fingerprint density at radius 1 is 1.45 bits per heavy atom. The summed E-state index contributed by atoms with van der Waals surface area (Å²) in [5.74, 6) is -0.858. The molecule has 0 aliphatic carbocycles. The minimum absolute atomic E-state index is 0.0872. The molecule has 0 unspecified atom stereocenters. The summed E-state index contributed by atoms with van der Waals surface area (Å²) in [4.78, 5) is -0.494. The maximum atomic E-state index is 13.7. The summed E-state index contributed by atoms with van der Waals surface area (Å²) in [7, 11) is -0.895. The molecule has 2 rings (SSSR count). The monoisotopic (exact) mass is 298 g/mol. The van der Waals surface area contributed by atoms with Crippen molar-refractivity contribution >= 4 is 15.7 Å². The van der Waals surface area contributed by atoms with Gasteiger partial charge >= 0.3 is 0 Å². The molecule has 6 nitrogen and oxygen atoms in total. The number of rotatable bonds is 4. The Balaban J connectivity index is 2.35. The molecule has 0 aliphatic heterocycles. The number of hydrogen-bond acceptors (Lipinski definition) is 4. The summed E-state index contributed by atoms with van der Waals surface area (Å²) < 4.78 is 41.1. The maximum Gasteiger partial charge on any atom is 0.248 e. The number of sulfonamides is 1. The van der Waals surface area contributed by atoms with Crippen LogP contribution in [-0.4, -0.2) is 29.6 Å². The van der Waals surface area contributed by atoms with Crippen LogP contribution in [0.25, 0.3) is 0 Å². The van der Waals surface area contributed by atoms with Gasteiger partial charge in [-0.1, -0.05) is 6.07 Å². The van der Waals surface area contributed by atoms with Crippen molar-refractivity contribution in [3.63, 3.8) is 0 Å². The molecule has 108 valence electrons. The van der Waals surface area contributed by atoms with Crippen molar-refractivity contribution < 1.29 is 12.8 Å². The van der Waals surface area contributed by atoms with Gasteiger partial charge in [0.1, 0.15) is 10.7 Å². The van der Waals surface area contributed by atoms with Gasteiger partial charge in [0.25, 0.3) is 0 Å². The zero-order valence-corrected chi connectivity index (χ0v) is 11.9. The zero-order valence-electron chi connectivity index (χ0n) is 11.1. The minimum atomic E-state index is -3.99. The van der Waals surface area contributed by atoms with E-state index in [9.17, 15) is 12.8 Å². The molecule has 0 amide bonds. The highest BCUT2D eigenvalue weighted by molar-refractivity contribution is 7.89. The number of benzene rings is 1. The highest BCUT2D eigenvalue weighted by Crippen LogP contribution is 2.25. The van der Waals surface area contributed by atoms with E-state index >= 15 is 0 Å². The largest absolute Gasteiger partial charge is 0.398 e. The van der Waals surface area contributed by atoms with Crippen molar-refractivity contribution in [2.24, 2.45) is 7.05 Å². The molecule has 0 saturated carbocycles. The van der Waals surface area contributed by atoms with Crippen LogP contribution in [-0.2, 0) is 23.6 Å². The number of nitrogens with zero attached hydrogens (tertiary/aromatic N) is 3. The topological polar surface area (TPSA) is 81.2 Å². The minimum Gasteiger partial charge on any atom is -0.398 e. The molecule has 0 radical (unpaired) electrons. The van der Waals surface area contributed by atoms with Crippen molar-refractivity contribution in [3.8, 4) is 0 Å². The van der Waals surface area contributed by atoms with Crippen molar-refractivity contribution in [1.29, 1.82) is 0 Å². The van der Waals surface area contributed by atoms with Crippen LogP contribution in [0.2, 0.25) is 0 Å². The van der Waals surface area contributed by atoms with E-state index in [2.05, 4.69) is 5.10 Å². The van der Waals surface area contributed by atoms with E-state index < -0.39 is 20.7 Å². The Hall–Kier alpha value is -1.93. The van der Waals surface area contributed by atoms with Crippen molar-refractivity contribution in [1.82, 2.24) is 14.1 Å². The Bertz CT molecular complexity index is 707. The first-order valence-corrected chi connectivity index (χ1v) is 7.24. The quantitative estimate of drug-likeness (QED) is 0.853. The van der Waals surface area contributed by atoms with Gasteiger partial charge < -0.3 is 5.73 Å². The van der Waals surface area contributed by atoms with Crippen LogP contribution >= 0.6 is 0 Å². The number of aromatic nitrogens is 2. The molecule has 0 bridgehead atoms. The van der Waals surface area contributed by atoms with Crippen LogP contribution in [0, 0.1) is 5.82 Å². The summed E-state index contributed by atoms with van der Waals surface area (Å²) in [5, 5.41) is 3.96. The van der Waals surface area contributed by atoms with Gasteiger partial charge in [0.05, 0.1) is 11.9 Å². The molecule has 1 aromatic carbocycles. The van der Waals surface area contributed by atoms with Gasteiger partial charge in [0, 0.05) is 32.4 Å². The van der Waals surface area contributed by atoms with E-state index in [1.165, 1.54) is 19.2 Å². The molecule has 1 aromatic heterocycles. The Morgan fingerprint density at radius 3 is 2.70 bits per heavy atom. The number of anilines is 1. The van der Waals surface area contributed by atoms with Crippen LogP contribution < -0.4 is 5.73 Å². The third-order valence-corrected chi connectivity index (χ3v) is 4.73. The molecular weight excluding hydrogens is 283 g/mol. The standard InChI is InChI=1S/C12H15FN4O2S/c1-16-7-9(6-15-16)8-17(2)20(18,19)12-10(13)4-3-5-11(12)14/h3-7H,8,14H2,1-2H3. The van der Waals surface area contributed by atoms with Crippen molar-refractivity contribution in [2.75, 3.05) is 12.8 Å². The van der Waals surface area contributed by atoms with Gasteiger partial charge in [-0.2, -0.15) is 9.40 Å². The normalized spacial score (nSPS) is 12.0. The first-order chi connectivity index (χ1) is 9.32. The molecule has 8 heteroatoms. The molecule has 1 heterocycles. The van der Waals surface area contributed by atoms with Gasteiger partial charge in [0.2, 0.25) is 10.0 Å². The van der Waals surface area contributed by atoms with Gasteiger partial charge in [-0.15, -0.1) is 0 Å². The number of hydrogen-bond donors (Lipinski definition) is 1. The van der Waals surface area contributed by atoms with E-state index in [1.54, 1.807) is 24.1 Å². The number of halogens is 1. The lowest BCUT2D eigenvalue weighted by Crippen LogP contribution is -2.28. The third-order valence-electron chi connectivity index (χ3n) is 2.83. The number of nitrogen functional groups attached to an aromatic ring is 1. The lowest BCUT2D eigenvalue weighted by atomic mass is 10.3. The molecule has 0 spiro atoms. The maximum absolute atomic E-state index is 13.7. The van der Waals surface area contributed by atoms with Crippen molar-refractivity contribution in [3.05, 3.63) is 42.0 Å². The van der Waals surface area contributed by atoms with Crippen LogP contribution in [0.4, 0.5) is 10.1 Å². The highest BCUT2D eigenvalue weighted by atomic mass is 32.2. The molecule has 2 aromatic rings. The summed E-state index contributed by atoms with van der Waals surface area (Å²) >= 11 is 0. The molecule has 0 saturated heterocycles.